The first-order valence-corrected chi connectivity index (χ1v) is 13.3. The minimum atomic E-state index is -0.0768. The lowest BCUT2D eigenvalue weighted by molar-refractivity contribution is -0.140. The van der Waals surface area contributed by atoms with E-state index in [4.69, 9.17) is 4.74 Å². The SMILES string of the molecule is CCCCCC1CCC(C(=O)Oc2cc(C)c(N=Nc3ccc(CCCC)cc3)cc2C)CC1. The minimum Gasteiger partial charge on any atom is -0.426 e. The van der Waals surface area contributed by atoms with Crippen LogP contribution in [0.5, 0.6) is 5.75 Å². The van der Waals surface area contributed by atoms with Gasteiger partial charge in [-0.3, -0.25) is 4.79 Å². The third kappa shape index (κ3) is 7.78. The van der Waals surface area contributed by atoms with Crippen molar-refractivity contribution in [1.82, 2.24) is 0 Å². The van der Waals surface area contributed by atoms with Crippen LogP contribution in [0.4, 0.5) is 11.4 Å². The molecule has 4 nitrogen and oxygen atoms in total. The molecule has 3 rings (SSSR count). The molecule has 0 unspecified atom stereocenters. The van der Waals surface area contributed by atoms with Gasteiger partial charge in [-0.2, -0.15) is 10.2 Å². The third-order valence-corrected chi connectivity index (χ3v) is 7.13. The largest absolute Gasteiger partial charge is 0.426 e. The van der Waals surface area contributed by atoms with Gasteiger partial charge < -0.3 is 4.74 Å². The molecular weight excluding hydrogens is 420 g/mol. The maximum absolute atomic E-state index is 12.8. The van der Waals surface area contributed by atoms with Crippen LogP contribution in [0, 0.1) is 25.7 Å². The number of rotatable bonds is 11. The highest BCUT2D eigenvalue weighted by molar-refractivity contribution is 5.76. The van der Waals surface area contributed by atoms with Crippen LogP contribution in [0.1, 0.15) is 94.7 Å². The van der Waals surface area contributed by atoms with E-state index < -0.39 is 0 Å². The molecule has 0 spiro atoms. The molecule has 0 N–H and O–H groups in total. The lowest BCUT2D eigenvalue weighted by Crippen LogP contribution is -2.26. The summed E-state index contributed by atoms with van der Waals surface area (Å²) >= 11 is 0. The highest BCUT2D eigenvalue weighted by Gasteiger charge is 2.28. The average molecular weight is 463 g/mol. The number of carbonyl (C=O) groups excluding carboxylic acids is 1. The summed E-state index contributed by atoms with van der Waals surface area (Å²) in [6, 6.07) is 12.2. The van der Waals surface area contributed by atoms with Gasteiger partial charge in [0.1, 0.15) is 5.75 Å². The van der Waals surface area contributed by atoms with Crippen molar-refractivity contribution in [2.45, 2.75) is 98.3 Å². The van der Waals surface area contributed by atoms with Crippen LogP contribution in [0.15, 0.2) is 46.6 Å². The van der Waals surface area contributed by atoms with Crippen LogP contribution < -0.4 is 4.74 Å². The van der Waals surface area contributed by atoms with E-state index in [9.17, 15) is 4.79 Å². The fraction of sp³-hybridized carbons (Fsp3) is 0.567. The molecule has 0 heterocycles. The van der Waals surface area contributed by atoms with Crippen molar-refractivity contribution in [3.05, 3.63) is 53.1 Å². The summed E-state index contributed by atoms with van der Waals surface area (Å²) < 4.78 is 5.85. The summed E-state index contributed by atoms with van der Waals surface area (Å²) in [5.74, 6) is 1.39. The van der Waals surface area contributed by atoms with Crippen LogP contribution in [-0.4, -0.2) is 5.97 Å². The van der Waals surface area contributed by atoms with E-state index in [1.165, 1.54) is 44.1 Å². The molecule has 1 saturated carbocycles. The number of carbonyl (C=O) groups is 1. The topological polar surface area (TPSA) is 51.0 Å². The molecular formula is C30H42N2O2. The van der Waals surface area contributed by atoms with Crippen LogP contribution in [-0.2, 0) is 11.2 Å². The lowest BCUT2D eigenvalue weighted by Gasteiger charge is -2.27. The Bertz CT molecular complexity index is 941. The average Bonchev–Trinajstić information content (AvgIpc) is 2.85. The molecule has 0 aliphatic heterocycles. The Balaban J connectivity index is 1.56. The number of aryl methyl sites for hydroxylation is 3. The smallest absolute Gasteiger partial charge is 0.314 e. The van der Waals surface area contributed by atoms with Gasteiger partial charge >= 0.3 is 5.97 Å². The summed E-state index contributed by atoms with van der Waals surface area (Å²) in [7, 11) is 0. The van der Waals surface area contributed by atoms with E-state index >= 15 is 0 Å². The number of esters is 1. The van der Waals surface area contributed by atoms with Crippen molar-refractivity contribution < 1.29 is 9.53 Å². The van der Waals surface area contributed by atoms with Crippen LogP contribution >= 0.6 is 0 Å². The van der Waals surface area contributed by atoms with E-state index in [1.54, 1.807) is 0 Å². The molecule has 0 atom stereocenters. The molecule has 4 heteroatoms. The molecule has 0 radical (unpaired) electrons. The summed E-state index contributed by atoms with van der Waals surface area (Å²) in [5.41, 5.74) is 4.86. The van der Waals surface area contributed by atoms with Gasteiger partial charge in [0.25, 0.3) is 0 Å². The Morgan fingerprint density at radius 3 is 2.26 bits per heavy atom. The standard InChI is InChI=1S/C30H42N2O2/c1-5-7-9-11-25-12-16-26(17-13-25)30(33)34-29-21-22(3)28(20-23(29)4)32-31-27-18-14-24(15-19-27)10-8-6-2/h14-15,18-21,25-26H,5-13,16-17H2,1-4H3. The van der Waals surface area contributed by atoms with E-state index in [1.807, 2.05) is 38.1 Å². The van der Waals surface area contributed by atoms with Crippen molar-refractivity contribution in [1.29, 1.82) is 0 Å². The second-order valence-electron chi connectivity index (χ2n) is 10.0. The Kier molecular flexibility index (Phi) is 10.3. The van der Waals surface area contributed by atoms with Crippen molar-refractivity contribution >= 4 is 17.3 Å². The Morgan fingerprint density at radius 2 is 1.59 bits per heavy atom. The molecule has 0 aromatic heterocycles. The zero-order valence-corrected chi connectivity index (χ0v) is 21.6. The van der Waals surface area contributed by atoms with Crippen molar-refractivity contribution in [2.75, 3.05) is 0 Å². The Labute approximate surface area is 206 Å². The van der Waals surface area contributed by atoms with E-state index in [0.29, 0.717) is 5.75 Å². The van der Waals surface area contributed by atoms with Gasteiger partial charge in [-0.1, -0.05) is 58.1 Å². The van der Waals surface area contributed by atoms with Gasteiger partial charge in [-0.25, -0.2) is 0 Å². The van der Waals surface area contributed by atoms with Gasteiger partial charge in [-0.15, -0.1) is 0 Å². The number of hydrogen-bond donors (Lipinski definition) is 0. The zero-order valence-electron chi connectivity index (χ0n) is 21.6. The molecule has 1 fully saturated rings. The summed E-state index contributed by atoms with van der Waals surface area (Å²) in [4.78, 5) is 12.8. The fourth-order valence-corrected chi connectivity index (χ4v) is 4.78. The number of benzene rings is 2. The first kappa shape index (κ1) is 26.1. The van der Waals surface area contributed by atoms with Crippen molar-refractivity contribution in [3.8, 4) is 5.75 Å². The number of unbranched alkanes of at least 4 members (excludes halogenated alkanes) is 3. The third-order valence-electron chi connectivity index (χ3n) is 7.13. The second-order valence-corrected chi connectivity index (χ2v) is 10.0. The normalized spacial score (nSPS) is 18.4. The van der Waals surface area contributed by atoms with Crippen LogP contribution in [0.2, 0.25) is 0 Å². The first-order chi connectivity index (χ1) is 16.5. The summed E-state index contributed by atoms with van der Waals surface area (Å²) in [6.45, 7) is 8.41. The summed E-state index contributed by atoms with van der Waals surface area (Å²) in [6.07, 6.45) is 13.0. The van der Waals surface area contributed by atoms with Crippen LogP contribution in [0.25, 0.3) is 0 Å². The van der Waals surface area contributed by atoms with Gasteiger partial charge in [-0.05, 0) is 99.2 Å². The molecule has 0 amide bonds. The molecule has 1 aliphatic rings. The number of hydrogen-bond acceptors (Lipinski definition) is 4. The van der Waals surface area contributed by atoms with Crippen molar-refractivity contribution in [3.63, 3.8) is 0 Å². The predicted molar refractivity (Wildman–Crippen MR) is 140 cm³/mol. The first-order valence-electron chi connectivity index (χ1n) is 13.3. The number of ether oxygens (including phenoxy) is 1. The maximum atomic E-state index is 12.8. The van der Waals surface area contributed by atoms with Gasteiger partial charge in [0.05, 0.1) is 17.3 Å². The zero-order chi connectivity index (χ0) is 24.3. The molecule has 2 aromatic rings. The minimum absolute atomic E-state index is 0.0294. The number of azo groups is 1. The quantitative estimate of drug-likeness (QED) is 0.144. The van der Waals surface area contributed by atoms with E-state index in [0.717, 1.165) is 60.5 Å². The highest BCUT2D eigenvalue weighted by atomic mass is 16.5. The van der Waals surface area contributed by atoms with E-state index in [-0.39, 0.29) is 11.9 Å². The van der Waals surface area contributed by atoms with Gasteiger partial charge in [0.15, 0.2) is 0 Å². The number of nitrogens with zero attached hydrogens (tertiary/aromatic N) is 2. The van der Waals surface area contributed by atoms with Gasteiger partial charge in [0, 0.05) is 0 Å². The lowest BCUT2D eigenvalue weighted by atomic mass is 9.80. The van der Waals surface area contributed by atoms with Gasteiger partial charge in [0.2, 0.25) is 0 Å². The maximum Gasteiger partial charge on any atom is 0.314 e. The monoisotopic (exact) mass is 462 g/mol. The fourth-order valence-electron chi connectivity index (χ4n) is 4.78. The highest BCUT2D eigenvalue weighted by Crippen LogP contribution is 2.34. The molecule has 2 aromatic carbocycles. The Morgan fingerprint density at radius 1 is 0.882 bits per heavy atom. The van der Waals surface area contributed by atoms with Crippen LogP contribution in [0.3, 0.4) is 0 Å². The second kappa shape index (κ2) is 13.4. The Hall–Kier alpha value is -2.49. The molecule has 1 aliphatic carbocycles. The molecule has 0 saturated heterocycles. The molecule has 184 valence electrons. The van der Waals surface area contributed by atoms with E-state index in [2.05, 4.69) is 36.2 Å². The summed E-state index contributed by atoms with van der Waals surface area (Å²) in [5, 5.41) is 8.88. The predicted octanol–water partition coefficient (Wildman–Crippen LogP) is 9.35. The van der Waals surface area contributed by atoms with Crippen molar-refractivity contribution in [2.24, 2.45) is 22.1 Å². The molecule has 34 heavy (non-hydrogen) atoms. The molecule has 0 bridgehead atoms.